The van der Waals surface area contributed by atoms with Gasteiger partial charge in [-0.3, -0.25) is 19.3 Å². The molecule has 3 amide bonds. The van der Waals surface area contributed by atoms with Gasteiger partial charge in [0.05, 0.1) is 6.61 Å². The minimum absolute atomic E-state index is 0.0735. The van der Waals surface area contributed by atoms with Crippen molar-refractivity contribution in [2.24, 2.45) is 0 Å². The first-order valence-electron chi connectivity index (χ1n) is 12.8. The van der Waals surface area contributed by atoms with Gasteiger partial charge in [0.25, 0.3) is 11.8 Å². The van der Waals surface area contributed by atoms with Gasteiger partial charge in [-0.1, -0.05) is 48.0 Å². The van der Waals surface area contributed by atoms with Crippen LogP contribution in [0.25, 0.3) is 0 Å². The number of carbonyl (C=O) groups is 3. The number of likely N-dealkylation sites (tertiary alicyclic amines) is 1. The Labute approximate surface area is 221 Å². The molecule has 1 N–H and O–H groups in total. The average Bonchev–Trinajstić information content (AvgIpc) is 3.31. The van der Waals surface area contributed by atoms with E-state index in [0.29, 0.717) is 43.6 Å². The van der Waals surface area contributed by atoms with Gasteiger partial charge in [-0.25, -0.2) is 4.39 Å². The Morgan fingerprint density at radius 2 is 1.50 bits per heavy atom. The molecule has 2 fully saturated rings. The van der Waals surface area contributed by atoms with Crippen LogP contribution in [0, 0.1) is 12.7 Å². The Kier molecular flexibility index (Phi) is 7.24. The van der Waals surface area contributed by atoms with E-state index in [-0.39, 0.29) is 24.3 Å². The van der Waals surface area contributed by atoms with Gasteiger partial charge in [0.1, 0.15) is 17.6 Å². The molecule has 7 nitrogen and oxygen atoms in total. The second-order valence-corrected chi connectivity index (χ2v) is 9.82. The van der Waals surface area contributed by atoms with E-state index >= 15 is 0 Å². The smallest absolute Gasteiger partial charge is 0.256 e. The highest BCUT2D eigenvalue weighted by Gasteiger charge is 2.54. The predicted molar refractivity (Wildman–Crippen MR) is 140 cm³/mol. The number of carbonyl (C=O) groups excluding carboxylic acids is 3. The number of rotatable bonds is 5. The minimum Gasteiger partial charge on any atom is -0.353 e. The van der Waals surface area contributed by atoms with Gasteiger partial charge in [-0.2, -0.15) is 0 Å². The lowest BCUT2D eigenvalue weighted by molar-refractivity contribution is -0.128. The summed E-state index contributed by atoms with van der Waals surface area (Å²) in [6, 6.07) is 21.5. The number of hydrogen-bond acceptors (Lipinski definition) is 4. The normalized spacial score (nSPS) is 18.4. The Balaban J connectivity index is 1.36. The van der Waals surface area contributed by atoms with Crippen LogP contribution in [0.4, 0.5) is 4.39 Å². The number of hydrogen-bond donors (Lipinski definition) is 1. The van der Waals surface area contributed by atoms with E-state index in [1.807, 2.05) is 49.4 Å². The van der Waals surface area contributed by atoms with E-state index in [1.165, 1.54) is 24.3 Å². The maximum Gasteiger partial charge on any atom is 0.256 e. The van der Waals surface area contributed by atoms with Gasteiger partial charge in [0.15, 0.2) is 0 Å². The van der Waals surface area contributed by atoms with Gasteiger partial charge in [0.2, 0.25) is 5.91 Å². The highest BCUT2D eigenvalue weighted by molar-refractivity contribution is 5.98. The molecule has 2 aliphatic rings. The van der Waals surface area contributed by atoms with E-state index in [4.69, 9.17) is 4.74 Å². The highest BCUT2D eigenvalue weighted by atomic mass is 19.1. The zero-order chi connectivity index (χ0) is 26.7. The number of benzene rings is 3. The molecule has 38 heavy (non-hydrogen) atoms. The van der Waals surface area contributed by atoms with Crippen LogP contribution in [0.15, 0.2) is 78.9 Å². The number of amides is 3. The van der Waals surface area contributed by atoms with Crippen LogP contribution in [0.3, 0.4) is 0 Å². The molecule has 3 aromatic rings. The lowest BCUT2D eigenvalue weighted by Gasteiger charge is -2.44. The molecule has 0 radical (unpaired) electrons. The number of nitrogens with zero attached hydrogens (tertiary/aromatic N) is 2. The van der Waals surface area contributed by atoms with Crippen LogP contribution in [-0.4, -0.2) is 59.0 Å². The quantitative estimate of drug-likeness (QED) is 0.559. The fourth-order valence-corrected chi connectivity index (χ4v) is 5.14. The van der Waals surface area contributed by atoms with E-state index in [0.717, 1.165) is 11.1 Å². The SMILES string of the molecule is Cc1ccc(C(=O)N2[C@@H](C(=O)NCc3ccccc3)COC23CCN(C(=O)c2ccc(F)cc2)CC3)cc1. The van der Waals surface area contributed by atoms with E-state index < -0.39 is 17.6 Å². The Morgan fingerprint density at radius 1 is 0.895 bits per heavy atom. The second-order valence-electron chi connectivity index (χ2n) is 9.82. The molecule has 3 aromatic carbocycles. The topological polar surface area (TPSA) is 79.0 Å². The zero-order valence-electron chi connectivity index (χ0n) is 21.2. The summed E-state index contributed by atoms with van der Waals surface area (Å²) in [5.74, 6) is -1.16. The summed E-state index contributed by atoms with van der Waals surface area (Å²) < 4.78 is 19.6. The third-order valence-corrected chi connectivity index (χ3v) is 7.31. The van der Waals surface area contributed by atoms with Crippen LogP contribution in [0.5, 0.6) is 0 Å². The van der Waals surface area contributed by atoms with E-state index in [9.17, 15) is 18.8 Å². The van der Waals surface area contributed by atoms with Crippen molar-refractivity contribution in [3.8, 4) is 0 Å². The average molecular weight is 516 g/mol. The molecule has 0 bridgehead atoms. The third-order valence-electron chi connectivity index (χ3n) is 7.31. The summed E-state index contributed by atoms with van der Waals surface area (Å²) in [4.78, 5) is 43.4. The summed E-state index contributed by atoms with van der Waals surface area (Å²) in [5, 5.41) is 2.95. The number of piperidine rings is 1. The second kappa shape index (κ2) is 10.8. The predicted octanol–water partition coefficient (Wildman–Crippen LogP) is 3.92. The lowest BCUT2D eigenvalue weighted by Crippen LogP contribution is -2.59. The van der Waals surface area contributed by atoms with Gasteiger partial charge in [-0.05, 0) is 48.9 Å². The van der Waals surface area contributed by atoms with Gasteiger partial charge < -0.3 is 15.0 Å². The molecule has 2 heterocycles. The van der Waals surface area contributed by atoms with Crippen molar-refractivity contribution in [2.45, 2.75) is 38.1 Å². The van der Waals surface area contributed by atoms with Crippen LogP contribution in [-0.2, 0) is 16.1 Å². The summed E-state index contributed by atoms with van der Waals surface area (Å²) in [6.07, 6.45) is 0.722. The van der Waals surface area contributed by atoms with E-state index in [2.05, 4.69) is 5.32 Å². The van der Waals surface area contributed by atoms with Crippen LogP contribution in [0.2, 0.25) is 0 Å². The molecule has 1 atom stereocenters. The molecule has 0 aliphatic carbocycles. The fourth-order valence-electron chi connectivity index (χ4n) is 5.14. The summed E-state index contributed by atoms with van der Waals surface area (Å²) >= 11 is 0. The number of halogens is 1. The molecular formula is C30H30FN3O4. The molecule has 8 heteroatoms. The molecule has 5 rings (SSSR count). The standard InChI is InChI=1S/C30H30FN3O4/c1-21-7-9-24(10-8-21)29(37)34-26(27(35)32-19-22-5-3-2-4-6-22)20-38-30(34)15-17-33(18-16-30)28(36)23-11-13-25(31)14-12-23/h2-14,26H,15-20H2,1H3,(H,32,35)/t26-/m1/s1. The fraction of sp³-hybridized carbons (Fsp3) is 0.300. The largest absolute Gasteiger partial charge is 0.353 e. The van der Waals surface area contributed by atoms with Crippen LogP contribution >= 0.6 is 0 Å². The summed E-state index contributed by atoms with van der Waals surface area (Å²) in [6.45, 7) is 3.04. The first-order valence-corrected chi connectivity index (χ1v) is 12.8. The van der Waals surface area contributed by atoms with Crippen molar-refractivity contribution >= 4 is 17.7 Å². The zero-order valence-corrected chi connectivity index (χ0v) is 21.2. The Hall–Kier alpha value is -4.04. The van der Waals surface area contributed by atoms with E-state index in [1.54, 1.807) is 21.9 Å². The monoisotopic (exact) mass is 515 g/mol. The maximum absolute atomic E-state index is 13.8. The minimum atomic E-state index is -1.00. The Bertz CT molecular complexity index is 1300. The first kappa shape index (κ1) is 25.6. The first-order chi connectivity index (χ1) is 18.4. The number of ether oxygens (including phenoxy) is 1. The van der Waals surface area contributed by atoms with Crippen molar-refractivity contribution in [3.05, 3.63) is 107 Å². The lowest BCUT2D eigenvalue weighted by atomic mass is 9.96. The van der Waals surface area contributed by atoms with Crippen molar-refractivity contribution in [1.29, 1.82) is 0 Å². The Morgan fingerprint density at radius 3 is 2.16 bits per heavy atom. The number of nitrogens with one attached hydrogen (secondary N) is 1. The summed E-state index contributed by atoms with van der Waals surface area (Å²) in [7, 11) is 0. The highest BCUT2D eigenvalue weighted by Crippen LogP contribution is 2.39. The van der Waals surface area contributed by atoms with Crippen molar-refractivity contribution < 1.29 is 23.5 Å². The van der Waals surface area contributed by atoms with Crippen molar-refractivity contribution in [3.63, 3.8) is 0 Å². The van der Waals surface area contributed by atoms with Gasteiger partial charge in [-0.15, -0.1) is 0 Å². The van der Waals surface area contributed by atoms with Gasteiger partial charge >= 0.3 is 0 Å². The molecule has 0 saturated carbocycles. The molecule has 1 spiro atoms. The van der Waals surface area contributed by atoms with Crippen LogP contribution in [0.1, 0.15) is 44.7 Å². The molecule has 2 saturated heterocycles. The molecular weight excluding hydrogens is 485 g/mol. The maximum atomic E-state index is 13.8. The molecule has 0 unspecified atom stereocenters. The van der Waals surface area contributed by atoms with Gasteiger partial charge in [0, 0.05) is 43.6 Å². The van der Waals surface area contributed by atoms with Crippen LogP contribution < -0.4 is 5.32 Å². The number of aryl methyl sites for hydroxylation is 1. The third kappa shape index (κ3) is 5.17. The van der Waals surface area contributed by atoms with Crippen molar-refractivity contribution in [2.75, 3.05) is 19.7 Å². The van der Waals surface area contributed by atoms with Crippen molar-refractivity contribution in [1.82, 2.24) is 15.1 Å². The summed E-state index contributed by atoms with van der Waals surface area (Å²) in [5.41, 5.74) is 1.86. The molecule has 0 aromatic heterocycles. The molecule has 2 aliphatic heterocycles. The molecule has 196 valence electrons.